The van der Waals surface area contributed by atoms with Gasteiger partial charge in [0.25, 0.3) is 0 Å². The van der Waals surface area contributed by atoms with Crippen LogP contribution in [0.5, 0.6) is 0 Å². The molecule has 0 saturated carbocycles. The maximum absolute atomic E-state index is 12.6. The molecular formula is C16H12N4O3. The minimum Gasteiger partial charge on any atom is -0.398 e. The Bertz CT molecular complexity index is 887. The zero-order chi connectivity index (χ0) is 16.6. The average molecular weight is 308 g/mol. The number of benzene rings is 2. The number of nitrogens with two attached hydrogens (primary N) is 2. The Kier molecular flexibility index (Phi) is 3.38. The van der Waals surface area contributed by atoms with Crippen LogP contribution in [-0.2, 0) is 0 Å². The van der Waals surface area contributed by atoms with Crippen LogP contribution in [0.1, 0.15) is 37.4 Å². The first-order valence-electron chi connectivity index (χ1n) is 6.70. The van der Waals surface area contributed by atoms with Gasteiger partial charge in [0.05, 0.1) is 17.5 Å². The largest absolute Gasteiger partial charge is 0.398 e. The minimum atomic E-state index is -0.821. The molecule has 0 radical (unpaired) electrons. The maximum atomic E-state index is 12.6. The molecule has 0 fully saturated rings. The molecule has 0 aromatic heterocycles. The fourth-order valence-corrected chi connectivity index (χ4v) is 2.51. The Morgan fingerprint density at radius 1 is 1.00 bits per heavy atom. The first-order chi connectivity index (χ1) is 11.0. The molecule has 1 aliphatic rings. The summed E-state index contributed by atoms with van der Waals surface area (Å²) in [6.45, 7) is 0. The van der Waals surface area contributed by atoms with E-state index >= 15 is 0 Å². The second kappa shape index (κ2) is 5.38. The predicted molar refractivity (Wildman–Crippen MR) is 84.5 cm³/mol. The number of fused-ring (bicyclic) bond motifs is 2. The maximum Gasteiger partial charge on any atom is 0.332 e. The van der Waals surface area contributed by atoms with Gasteiger partial charge < -0.3 is 11.5 Å². The molecule has 0 bridgehead atoms. The van der Waals surface area contributed by atoms with E-state index in [2.05, 4.69) is 5.10 Å². The van der Waals surface area contributed by atoms with Crippen LogP contribution in [-0.4, -0.2) is 23.8 Å². The van der Waals surface area contributed by atoms with Crippen LogP contribution >= 0.6 is 0 Å². The van der Waals surface area contributed by atoms with Crippen molar-refractivity contribution in [3.8, 4) is 0 Å². The number of nitrogens with zero attached hydrogens (tertiary/aromatic N) is 1. The number of primary amides is 1. The van der Waals surface area contributed by atoms with E-state index in [1.807, 2.05) is 5.43 Å². The minimum absolute atomic E-state index is 0.130. The van der Waals surface area contributed by atoms with E-state index in [0.29, 0.717) is 16.7 Å². The van der Waals surface area contributed by atoms with E-state index in [1.165, 1.54) is 12.3 Å². The van der Waals surface area contributed by atoms with Gasteiger partial charge in [-0.1, -0.05) is 30.3 Å². The Morgan fingerprint density at radius 3 is 2.30 bits per heavy atom. The van der Waals surface area contributed by atoms with E-state index in [-0.39, 0.29) is 28.4 Å². The molecule has 23 heavy (non-hydrogen) atoms. The number of hydrogen-bond donors (Lipinski definition) is 3. The van der Waals surface area contributed by atoms with Crippen molar-refractivity contribution in [1.82, 2.24) is 5.43 Å². The third kappa shape index (κ3) is 2.34. The lowest BCUT2D eigenvalue weighted by molar-refractivity contribution is 0.0979. The van der Waals surface area contributed by atoms with Crippen molar-refractivity contribution in [2.24, 2.45) is 10.8 Å². The normalized spacial score (nSPS) is 12.9. The number of amides is 2. The molecule has 2 aromatic rings. The van der Waals surface area contributed by atoms with Gasteiger partial charge in [0.2, 0.25) is 0 Å². The lowest BCUT2D eigenvalue weighted by Crippen LogP contribution is -2.25. The third-order valence-electron chi connectivity index (χ3n) is 3.55. The Hall–Kier alpha value is -3.48. The van der Waals surface area contributed by atoms with Crippen LogP contribution in [0, 0.1) is 0 Å². The summed E-state index contributed by atoms with van der Waals surface area (Å²) in [5.41, 5.74) is 14.6. The number of urea groups is 1. The van der Waals surface area contributed by atoms with Crippen LogP contribution in [0.3, 0.4) is 0 Å². The third-order valence-corrected chi connectivity index (χ3v) is 3.55. The van der Waals surface area contributed by atoms with E-state index in [4.69, 9.17) is 11.5 Å². The number of hydrazone groups is 1. The molecule has 0 aliphatic heterocycles. The first-order valence-corrected chi connectivity index (χ1v) is 6.70. The molecular weight excluding hydrogens is 296 g/mol. The van der Waals surface area contributed by atoms with Crippen LogP contribution in [0.15, 0.2) is 41.5 Å². The zero-order valence-electron chi connectivity index (χ0n) is 11.9. The van der Waals surface area contributed by atoms with Gasteiger partial charge in [-0.15, -0.1) is 0 Å². The molecule has 2 aromatic carbocycles. The van der Waals surface area contributed by atoms with Gasteiger partial charge in [-0.2, -0.15) is 5.10 Å². The van der Waals surface area contributed by atoms with Crippen LogP contribution in [0.4, 0.5) is 10.5 Å². The smallest absolute Gasteiger partial charge is 0.332 e. The lowest BCUT2D eigenvalue weighted by Gasteiger charge is -2.19. The van der Waals surface area contributed by atoms with Crippen LogP contribution < -0.4 is 16.9 Å². The number of carbonyl (C=O) groups excluding carboxylic acids is 3. The van der Waals surface area contributed by atoms with E-state index in [9.17, 15) is 14.4 Å². The summed E-state index contributed by atoms with van der Waals surface area (Å²) >= 11 is 0. The second-order valence-corrected chi connectivity index (χ2v) is 4.93. The van der Waals surface area contributed by atoms with Gasteiger partial charge in [-0.05, 0) is 6.07 Å². The van der Waals surface area contributed by atoms with E-state index in [0.717, 1.165) is 0 Å². The summed E-state index contributed by atoms with van der Waals surface area (Å²) in [6, 6.07) is 8.85. The summed E-state index contributed by atoms with van der Waals surface area (Å²) in [5, 5.41) is 3.61. The topological polar surface area (TPSA) is 128 Å². The highest BCUT2D eigenvalue weighted by Crippen LogP contribution is 2.32. The highest BCUT2D eigenvalue weighted by atomic mass is 16.2. The molecule has 0 atom stereocenters. The van der Waals surface area contributed by atoms with Gasteiger partial charge in [0, 0.05) is 22.3 Å². The highest BCUT2D eigenvalue weighted by Gasteiger charge is 2.31. The molecule has 114 valence electrons. The molecule has 3 rings (SSSR count). The lowest BCUT2D eigenvalue weighted by atomic mass is 9.82. The van der Waals surface area contributed by atoms with Crippen molar-refractivity contribution < 1.29 is 14.4 Å². The molecule has 0 saturated heterocycles. The number of nitrogens with one attached hydrogen (secondary N) is 1. The van der Waals surface area contributed by atoms with Crippen molar-refractivity contribution in [2.75, 3.05) is 5.73 Å². The standard InChI is InChI=1S/C16H12N4O3/c17-13-8(7-19-20-16(18)23)5-6-11-12(13)15(22)10-4-2-1-3-9(10)14(11)21/h1-7H,17H2,(H3,18,20,23). The molecule has 1 aliphatic carbocycles. The average Bonchev–Trinajstić information content (AvgIpc) is 2.53. The Morgan fingerprint density at radius 2 is 1.65 bits per heavy atom. The molecule has 7 nitrogen and oxygen atoms in total. The second-order valence-electron chi connectivity index (χ2n) is 4.93. The van der Waals surface area contributed by atoms with Crippen LogP contribution in [0.25, 0.3) is 0 Å². The molecule has 0 unspecified atom stereocenters. The predicted octanol–water partition coefficient (Wildman–Crippen LogP) is 1.05. The summed E-state index contributed by atoms with van der Waals surface area (Å²) in [6.07, 6.45) is 1.26. The summed E-state index contributed by atoms with van der Waals surface area (Å²) in [5.74, 6) is -0.563. The number of carbonyl (C=O) groups is 3. The number of nitrogen functional groups attached to an aromatic ring is 1. The number of hydrogen-bond acceptors (Lipinski definition) is 5. The first kappa shape index (κ1) is 14.5. The number of ketones is 2. The summed E-state index contributed by atoms with van der Waals surface area (Å²) in [4.78, 5) is 35.8. The zero-order valence-corrected chi connectivity index (χ0v) is 11.9. The van der Waals surface area contributed by atoms with Crippen molar-refractivity contribution >= 4 is 29.5 Å². The van der Waals surface area contributed by atoms with Crippen molar-refractivity contribution in [2.45, 2.75) is 0 Å². The fraction of sp³-hybridized carbons (Fsp3) is 0. The highest BCUT2D eigenvalue weighted by molar-refractivity contribution is 6.30. The van der Waals surface area contributed by atoms with E-state index < -0.39 is 6.03 Å². The van der Waals surface area contributed by atoms with E-state index in [1.54, 1.807) is 30.3 Å². The van der Waals surface area contributed by atoms with Crippen molar-refractivity contribution in [3.63, 3.8) is 0 Å². The van der Waals surface area contributed by atoms with Crippen molar-refractivity contribution in [3.05, 3.63) is 64.2 Å². The van der Waals surface area contributed by atoms with Gasteiger partial charge in [0.15, 0.2) is 11.6 Å². The van der Waals surface area contributed by atoms with Gasteiger partial charge in [-0.25, -0.2) is 10.2 Å². The Labute approximate surface area is 131 Å². The number of rotatable bonds is 2. The monoisotopic (exact) mass is 308 g/mol. The molecule has 2 amide bonds. The summed E-state index contributed by atoms with van der Waals surface area (Å²) in [7, 11) is 0. The molecule has 5 N–H and O–H groups in total. The van der Waals surface area contributed by atoms with Gasteiger partial charge in [-0.3, -0.25) is 9.59 Å². The van der Waals surface area contributed by atoms with Gasteiger partial charge >= 0.3 is 6.03 Å². The Balaban J connectivity index is 2.11. The summed E-state index contributed by atoms with van der Waals surface area (Å²) < 4.78 is 0. The quantitative estimate of drug-likeness (QED) is 0.371. The van der Waals surface area contributed by atoms with Gasteiger partial charge in [0.1, 0.15) is 0 Å². The fourth-order valence-electron chi connectivity index (χ4n) is 2.51. The molecule has 7 heteroatoms. The SMILES string of the molecule is NC(=O)NN=Cc1ccc2c(c1N)C(=O)c1ccccc1C2=O. The molecule has 0 spiro atoms. The number of anilines is 1. The van der Waals surface area contributed by atoms with Crippen molar-refractivity contribution in [1.29, 1.82) is 0 Å². The molecule has 0 heterocycles. The van der Waals surface area contributed by atoms with Crippen LogP contribution in [0.2, 0.25) is 0 Å².